The quantitative estimate of drug-likeness (QED) is 0.532. The zero-order chi connectivity index (χ0) is 10.4. The second-order valence-electron chi connectivity index (χ2n) is 2.83. The fourth-order valence-corrected chi connectivity index (χ4v) is 1.12. The standard InChI is InChI=1S/C11H14O3/c1-3-13-9(2)14-11-6-4-5-10(7-11)8-12/h4-9H,3H2,1-2H3. The van der Waals surface area contributed by atoms with Gasteiger partial charge in [-0.05, 0) is 26.0 Å². The molecule has 1 unspecified atom stereocenters. The van der Waals surface area contributed by atoms with E-state index >= 15 is 0 Å². The molecule has 1 aromatic rings. The van der Waals surface area contributed by atoms with Crippen LogP contribution in [0.3, 0.4) is 0 Å². The molecule has 0 radical (unpaired) electrons. The maximum atomic E-state index is 10.5. The molecule has 0 bridgehead atoms. The van der Waals surface area contributed by atoms with Gasteiger partial charge in [-0.3, -0.25) is 4.79 Å². The van der Waals surface area contributed by atoms with Gasteiger partial charge < -0.3 is 9.47 Å². The Morgan fingerprint density at radius 2 is 2.29 bits per heavy atom. The van der Waals surface area contributed by atoms with Crippen LogP contribution in [-0.2, 0) is 4.74 Å². The maximum Gasteiger partial charge on any atom is 0.196 e. The number of ether oxygens (including phenoxy) is 2. The third-order valence-electron chi connectivity index (χ3n) is 1.70. The van der Waals surface area contributed by atoms with Crippen molar-refractivity contribution in [3.63, 3.8) is 0 Å². The van der Waals surface area contributed by atoms with Crippen molar-refractivity contribution >= 4 is 6.29 Å². The molecule has 1 aromatic carbocycles. The molecule has 0 saturated carbocycles. The molecule has 0 heterocycles. The van der Waals surface area contributed by atoms with E-state index in [4.69, 9.17) is 9.47 Å². The van der Waals surface area contributed by atoms with Crippen molar-refractivity contribution in [2.45, 2.75) is 20.1 Å². The molecule has 0 N–H and O–H groups in total. The Bertz CT molecular complexity index is 296. The van der Waals surface area contributed by atoms with Crippen LogP contribution in [0.2, 0.25) is 0 Å². The summed E-state index contributed by atoms with van der Waals surface area (Å²) >= 11 is 0. The van der Waals surface area contributed by atoms with E-state index in [1.165, 1.54) is 0 Å². The van der Waals surface area contributed by atoms with Gasteiger partial charge in [-0.1, -0.05) is 12.1 Å². The molecule has 3 nitrogen and oxygen atoms in total. The van der Waals surface area contributed by atoms with Gasteiger partial charge in [0.1, 0.15) is 12.0 Å². The number of aldehydes is 1. The lowest BCUT2D eigenvalue weighted by molar-refractivity contribution is -0.0613. The van der Waals surface area contributed by atoms with E-state index in [2.05, 4.69) is 0 Å². The molecule has 0 aromatic heterocycles. The Labute approximate surface area is 83.6 Å². The fourth-order valence-electron chi connectivity index (χ4n) is 1.12. The smallest absolute Gasteiger partial charge is 0.196 e. The van der Waals surface area contributed by atoms with E-state index in [0.717, 1.165) is 6.29 Å². The van der Waals surface area contributed by atoms with Crippen LogP contribution in [0, 0.1) is 0 Å². The topological polar surface area (TPSA) is 35.5 Å². The molecule has 0 saturated heterocycles. The van der Waals surface area contributed by atoms with Crippen molar-refractivity contribution in [2.24, 2.45) is 0 Å². The molecule has 0 spiro atoms. The van der Waals surface area contributed by atoms with Gasteiger partial charge in [0.15, 0.2) is 6.29 Å². The summed E-state index contributed by atoms with van der Waals surface area (Å²) in [5.41, 5.74) is 0.603. The van der Waals surface area contributed by atoms with Crippen LogP contribution in [0.5, 0.6) is 5.75 Å². The Balaban J connectivity index is 2.61. The second kappa shape index (κ2) is 5.40. The number of benzene rings is 1. The van der Waals surface area contributed by atoms with Gasteiger partial charge in [0.25, 0.3) is 0 Å². The van der Waals surface area contributed by atoms with Crippen LogP contribution in [0.15, 0.2) is 24.3 Å². The molecule has 14 heavy (non-hydrogen) atoms. The first-order valence-corrected chi connectivity index (χ1v) is 4.59. The van der Waals surface area contributed by atoms with Crippen molar-refractivity contribution in [2.75, 3.05) is 6.61 Å². The number of carbonyl (C=O) groups is 1. The summed E-state index contributed by atoms with van der Waals surface area (Å²) < 4.78 is 10.6. The lowest BCUT2D eigenvalue weighted by atomic mass is 10.2. The molecule has 0 aliphatic heterocycles. The molecule has 1 rings (SSSR count). The van der Waals surface area contributed by atoms with Crippen LogP contribution in [-0.4, -0.2) is 19.2 Å². The number of hydrogen-bond acceptors (Lipinski definition) is 3. The van der Waals surface area contributed by atoms with Crippen molar-refractivity contribution in [3.05, 3.63) is 29.8 Å². The number of hydrogen-bond donors (Lipinski definition) is 0. The monoisotopic (exact) mass is 194 g/mol. The first-order chi connectivity index (χ1) is 6.76. The SMILES string of the molecule is CCOC(C)Oc1cccc(C=O)c1. The van der Waals surface area contributed by atoms with Crippen LogP contribution in [0.1, 0.15) is 24.2 Å². The summed E-state index contributed by atoms with van der Waals surface area (Å²) in [5.74, 6) is 0.649. The minimum atomic E-state index is -0.290. The summed E-state index contributed by atoms with van der Waals surface area (Å²) in [7, 11) is 0. The summed E-state index contributed by atoms with van der Waals surface area (Å²) in [4.78, 5) is 10.5. The Hall–Kier alpha value is -1.35. The highest BCUT2D eigenvalue weighted by molar-refractivity contribution is 5.75. The number of rotatable bonds is 5. The molecule has 0 aliphatic rings. The summed E-state index contributed by atoms with van der Waals surface area (Å²) in [6.45, 7) is 4.33. The Kier molecular flexibility index (Phi) is 4.13. The van der Waals surface area contributed by atoms with Gasteiger partial charge in [-0.2, -0.15) is 0 Å². The Morgan fingerprint density at radius 3 is 2.93 bits per heavy atom. The summed E-state index contributed by atoms with van der Waals surface area (Å²) in [5, 5.41) is 0. The summed E-state index contributed by atoms with van der Waals surface area (Å²) in [6, 6.07) is 6.98. The first-order valence-electron chi connectivity index (χ1n) is 4.59. The van der Waals surface area contributed by atoms with Crippen molar-refractivity contribution in [1.29, 1.82) is 0 Å². The van der Waals surface area contributed by atoms with Crippen molar-refractivity contribution in [1.82, 2.24) is 0 Å². The lowest BCUT2D eigenvalue weighted by Gasteiger charge is -2.14. The number of carbonyl (C=O) groups excluding carboxylic acids is 1. The third-order valence-corrected chi connectivity index (χ3v) is 1.70. The average molecular weight is 194 g/mol. The molecular weight excluding hydrogens is 180 g/mol. The van der Waals surface area contributed by atoms with Crippen LogP contribution >= 0.6 is 0 Å². The molecule has 0 amide bonds. The molecule has 0 fully saturated rings. The minimum Gasteiger partial charge on any atom is -0.465 e. The van der Waals surface area contributed by atoms with Crippen LogP contribution in [0.25, 0.3) is 0 Å². The maximum absolute atomic E-state index is 10.5. The predicted molar refractivity (Wildman–Crippen MR) is 53.5 cm³/mol. The largest absolute Gasteiger partial charge is 0.465 e. The fraction of sp³-hybridized carbons (Fsp3) is 0.364. The van der Waals surface area contributed by atoms with E-state index in [-0.39, 0.29) is 6.29 Å². The van der Waals surface area contributed by atoms with Gasteiger partial charge in [0.2, 0.25) is 0 Å². The minimum absolute atomic E-state index is 0.290. The molecule has 1 atom stereocenters. The summed E-state index contributed by atoms with van der Waals surface area (Å²) in [6.07, 6.45) is 0.500. The molecule has 3 heteroatoms. The molecule has 76 valence electrons. The van der Waals surface area contributed by atoms with Crippen molar-refractivity contribution < 1.29 is 14.3 Å². The van der Waals surface area contributed by atoms with Gasteiger partial charge >= 0.3 is 0 Å². The highest BCUT2D eigenvalue weighted by Gasteiger charge is 2.02. The van der Waals surface area contributed by atoms with E-state index in [1.54, 1.807) is 24.3 Å². The van der Waals surface area contributed by atoms with E-state index in [9.17, 15) is 4.79 Å². The highest BCUT2D eigenvalue weighted by Crippen LogP contribution is 2.13. The predicted octanol–water partition coefficient (Wildman–Crippen LogP) is 2.26. The zero-order valence-corrected chi connectivity index (χ0v) is 8.40. The second-order valence-corrected chi connectivity index (χ2v) is 2.83. The average Bonchev–Trinajstić information content (AvgIpc) is 2.18. The van der Waals surface area contributed by atoms with E-state index < -0.39 is 0 Å². The van der Waals surface area contributed by atoms with Crippen LogP contribution < -0.4 is 4.74 Å². The highest BCUT2D eigenvalue weighted by atomic mass is 16.7. The Morgan fingerprint density at radius 1 is 1.50 bits per heavy atom. The van der Waals surface area contributed by atoms with Crippen molar-refractivity contribution in [3.8, 4) is 5.75 Å². The van der Waals surface area contributed by atoms with Gasteiger partial charge in [-0.25, -0.2) is 0 Å². The van der Waals surface area contributed by atoms with Gasteiger partial charge in [0, 0.05) is 12.2 Å². The molecule has 0 aliphatic carbocycles. The lowest BCUT2D eigenvalue weighted by Crippen LogP contribution is -2.15. The van der Waals surface area contributed by atoms with Crippen LogP contribution in [0.4, 0.5) is 0 Å². The third kappa shape index (κ3) is 3.18. The van der Waals surface area contributed by atoms with Gasteiger partial charge in [-0.15, -0.1) is 0 Å². The normalized spacial score (nSPS) is 12.1. The van der Waals surface area contributed by atoms with E-state index in [0.29, 0.717) is 17.9 Å². The zero-order valence-electron chi connectivity index (χ0n) is 8.40. The first kappa shape index (κ1) is 10.7. The van der Waals surface area contributed by atoms with Gasteiger partial charge in [0.05, 0.1) is 0 Å². The molecular formula is C11H14O3. The van der Waals surface area contributed by atoms with E-state index in [1.807, 2.05) is 13.8 Å².